The second kappa shape index (κ2) is 7.82. The minimum Gasteiger partial charge on any atom is -0.347 e. The molecule has 2 aromatic heterocycles. The number of amides is 1. The predicted octanol–water partition coefficient (Wildman–Crippen LogP) is 2.24. The maximum atomic E-state index is 13.1. The van der Waals surface area contributed by atoms with Crippen molar-refractivity contribution in [1.29, 1.82) is 0 Å². The predicted molar refractivity (Wildman–Crippen MR) is 112 cm³/mol. The zero-order valence-corrected chi connectivity index (χ0v) is 16.7. The molecule has 31 heavy (non-hydrogen) atoms. The van der Waals surface area contributed by atoms with Crippen LogP contribution in [0.4, 0.5) is 4.39 Å². The number of aromatic nitrogens is 5. The summed E-state index contributed by atoms with van der Waals surface area (Å²) in [6.07, 6.45) is 1.89. The zero-order valence-electron chi connectivity index (χ0n) is 16.7. The van der Waals surface area contributed by atoms with E-state index in [-0.39, 0.29) is 29.3 Å². The van der Waals surface area contributed by atoms with Crippen LogP contribution in [0, 0.1) is 5.82 Å². The van der Waals surface area contributed by atoms with Crippen LogP contribution in [0.15, 0.2) is 53.3 Å². The third-order valence-electron chi connectivity index (χ3n) is 5.60. The number of rotatable bonds is 4. The average molecular weight is 420 g/mol. The van der Waals surface area contributed by atoms with E-state index in [0.717, 1.165) is 16.6 Å². The van der Waals surface area contributed by atoms with E-state index in [1.165, 1.54) is 16.8 Å². The molecule has 1 atom stereocenters. The molecule has 0 saturated heterocycles. The first-order valence-electron chi connectivity index (χ1n) is 10.2. The number of carbonyl (C=O) groups excluding carboxylic acids is 1. The van der Waals surface area contributed by atoms with Crippen LogP contribution >= 0.6 is 0 Å². The number of nitrogens with one attached hydrogen (secondary N) is 2. The lowest BCUT2D eigenvalue weighted by molar-refractivity contribution is 0.0923. The van der Waals surface area contributed by atoms with Crippen molar-refractivity contribution in [2.45, 2.75) is 38.4 Å². The van der Waals surface area contributed by atoms with Crippen molar-refractivity contribution >= 4 is 16.9 Å². The van der Waals surface area contributed by atoms with Gasteiger partial charge < -0.3 is 10.3 Å². The number of aromatic amines is 1. The standard InChI is InChI=1S/C22H21FN6O2/c23-15-7-5-14(6-8-15)13-29-22(31)28-12-11-16(9-10-19(28)27-29)24-21(30)20-25-17-3-1-2-4-18(17)26-20/h1-8,16H,9-13H2,(H,24,30)(H,25,26). The summed E-state index contributed by atoms with van der Waals surface area (Å²) in [5.74, 6) is 0.416. The summed E-state index contributed by atoms with van der Waals surface area (Å²) in [4.78, 5) is 32.8. The molecule has 4 aromatic rings. The fourth-order valence-corrected chi connectivity index (χ4v) is 3.95. The Morgan fingerprint density at radius 1 is 1.16 bits per heavy atom. The minimum absolute atomic E-state index is 0.0765. The molecule has 1 aliphatic heterocycles. The highest BCUT2D eigenvalue weighted by molar-refractivity contribution is 5.94. The van der Waals surface area contributed by atoms with E-state index in [0.29, 0.717) is 38.2 Å². The molecular weight excluding hydrogens is 399 g/mol. The van der Waals surface area contributed by atoms with E-state index in [1.54, 1.807) is 16.7 Å². The molecule has 8 nitrogen and oxygen atoms in total. The molecule has 0 radical (unpaired) electrons. The molecule has 0 spiro atoms. The van der Waals surface area contributed by atoms with E-state index in [2.05, 4.69) is 20.4 Å². The molecule has 2 aromatic carbocycles. The molecule has 1 amide bonds. The van der Waals surface area contributed by atoms with Crippen LogP contribution in [0.5, 0.6) is 0 Å². The van der Waals surface area contributed by atoms with Crippen LogP contribution < -0.4 is 11.0 Å². The Balaban J connectivity index is 1.26. The summed E-state index contributed by atoms with van der Waals surface area (Å²) in [6.45, 7) is 0.772. The molecule has 0 bridgehead atoms. The Morgan fingerprint density at radius 2 is 1.97 bits per heavy atom. The largest absolute Gasteiger partial charge is 0.347 e. The van der Waals surface area contributed by atoms with E-state index in [9.17, 15) is 14.0 Å². The lowest BCUT2D eigenvalue weighted by Crippen LogP contribution is -2.36. The number of benzene rings is 2. The van der Waals surface area contributed by atoms with Crippen LogP contribution in [0.1, 0.15) is 34.8 Å². The Kier molecular flexibility index (Phi) is 4.85. The quantitative estimate of drug-likeness (QED) is 0.529. The van der Waals surface area contributed by atoms with E-state index in [4.69, 9.17) is 0 Å². The second-order valence-electron chi connectivity index (χ2n) is 7.73. The molecule has 3 heterocycles. The first kappa shape index (κ1) is 19.2. The molecule has 2 N–H and O–H groups in total. The number of hydrogen-bond acceptors (Lipinski definition) is 4. The van der Waals surface area contributed by atoms with E-state index >= 15 is 0 Å². The lowest BCUT2D eigenvalue weighted by Gasteiger charge is -2.15. The molecule has 0 aliphatic carbocycles. The van der Waals surface area contributed by atoms with Crippen molar-refractivity contribution in [2.75, 3.05) is 0 Å². The van der Waals surface area contributed by atoms with Gasteiger partial charge in [0, 0.05) is 19.0 Å². The summed E-state index contributed by atoms with van der Waals surface area (Å²) in [7, 11) is 0. The van der Waals surface area contributed by atoms with Gasteiger partial charge >= 0.3 is 5.69 Å². The Bertz CT molecular complexity index is 1270. The van der Waals surface area contributed by atoms with Gasteiger partial charge in [-0.15, -0.1) is 0 Å². The molecule has 1 unspecified atom stereocenters. The van der Waals surface area contributed by atoms with Crippen molar-refractivity contribution in [3.63, 3.8) is 0 Å². The number of para-hydroxylation sites is 2. The van der Waals surface area contributed by atoms with Crippen LogP contribution in [0.25, 0.3) is 11.0 Å². The van der Waals surface area contributed by atoms with Crippen LogP contribution in [0.2, 0.25) is 0 Å². The van der Waals surface area contributed by atoms with Crippen LogP contribution in [-0.2, 0) is 19.5 Å². The molecule has 0 saturated carbocycles. The number of imidazole rings is 1. The fourth-order valence-electron chi connectivity index (χ4n) is 3.95. The van der Waals surface area contributed by atoms with Crippen molar-refractivity contribution in [3.8, 4) is 0 Å². The van der Waals surface area contributed by atoms with E-state index < -0.39 is 0 Å². The molecule has 158 valence electrons. The van der Waals surface area contributed by atoms with Gasteiger partial charge in [0.1, 0.15) is 11.6 Å². The van der Waals surface area contributed by atoms with Gasteiger partial charge in [-0.05, 0) is 42.7 Å². The maximum Gasteiger partial charge on any atom is 0.346 e. The smallest absolute Gasteiger partial charge is 0.346 e. The van der Waals surface area contributed by atoms with Gasteiger partial charge in [0.25, 0.3) is 5.91 Å². The summed E-state index contributed by atoms with van der Waals surface area (Å²) in [6, 6.07) is 13.5. The third-order valence-corrected chi connectivity index (χ3v) is 5.60. The Labute approximate surface area is 176 Å². The van der Waals surface area contributed by atoms with Crippen molar-refractivity contribution < 1.29 is 9.18 Å². The highest BCUT2D eigenvalue weighted by Crippen LogP contribution is 2.14. The zero-order chi connectivity index (χ0) is 21.4. The van der Waals surface area contributed by atoms with Gasteiger partial charge in [0.15, 0.2) is 5.82 Å². The monoisotopic (exact) mass is 420 g/mol. The topological polar surface area (TPSA) is 97.6 Å². The van der Waals surface area contributed by atoms with Gasteiger partial charge in [0.05, 0.1) is 17.6 Å². The number of aryl methyl sites for hydroxylation is 1. The maximum absolute atomic E-state index is 13.1. The Hall–Kier alpha value is -3.75. The second-order valence-corrected chi connectivity index (χ2v) is 7.73. The van der Waals surface area contributed by atoms with Gasteiger partial charge in [-0.25, -0.2) is 18.9 Å². The van der Waals surface area contributed by atoms with Gasteiger partial charge in [-0.2, -0.15) is 5.10 Å². The van der Waals surface area contributed by atoms with Crippen LogP contribution in [-0.4, -0.2) is 36.3 Å². The van der Waals surface area contributed by atoms with Crippen LogP contribution in [0.3, 0.4) is 0 Å². The van der Waals surface area contributed by atoms with Gasteiger partial charge in [-0.3, -0.25) is 9.36 Å². The average Bonchev–Trinajstić information content (AvgIpc) is 3.26. The van der Waals surface area contributed by atoms with Crippen molar-refractivity contribution in [3.05, 3.63) is 82.0 Å². The molecule has 9 heteroatoms. The third kappa shape index (κ3) is 3.86. The normalized spacial score (nSPS) is 16.1. The Morgan fingerprint density at radius 3 is 2.77 bits per heavy atom. The molecule has 5 rings (SSSR count). The number of fused-ring (bicyclic) bond motifs is 2. The SMILES string of the molecule is O=C(NC1CCc2nn(Cc3ccc(F)cc3)c(=O)n2CC1)c1nc2ccccc2[nH]1. The molecule has 0 fully saturated rings. The lowest BCUT2D eigenvalue weighted by atomic mass is 10.1. The number of carbonyl (C=O) groups is 1. The van der Waals surface area contributed by atoms with Crippen molar-refractivity contribution in [1.82, 2.24) is 29.6 Å². The number of hydrogen-bond donors (Lipinski definition) is 2. The highest BCUT2D eigenvalue weighted by Gasteiger charge is 2.23. The summed E-state index contributed by atoms with van der Waals surface area (Å²) < 4.78 is 16.2. The first-order valence-corrected chi connectivity index (χ1v) is 10.2. The summed E-state index contributed by atoms with van der Waals surface area (Å²) in [5.41, 5.74) is 2.18. The number of nitrogens with zero attached hydrogens (tertiary/aromatic N) is 4. The van der Waals surface area contributed by atoms with Gasteiger partial charge in [0.2, 0.25) is 0 Å². The minimum atomic E-state index is -0.313. The highest BCUT2D eigenvalue weighted by atomic mass is 19.1. The fraction of sp³-hybridized carbons (Fsp3) is 0.273. The van der Waals surface area contributed by atoms with Gasteiger partial charge in [-0.1, -0.05) is 24.3 Å². The summed E-state index contributed by atoms with van der Waals surface area (Å²) >= 11 is 0. The number of halogens is 1. The summed E-state index contributed by atoms with van der Waals surface area (Å²) in [5, 5.41) is 7.49. The first-order chi connectivity index (χ1) is 15.1. The van der Waals surface area contributed by atoms with E-state index in [1.807, 2.05) is 24.3 Å². The molecular formula is C22H21FN6O2. The molecule has 1 aliphatic rings. The number of H-pyrrole nitrogens is 1. The van der Waals surface area contributed by atoms with Crippen molar-refractivity contribution in [2.24, 2.45) is 0 Å².